The summed E-state index contributed by atoms with van der Waals surface area (Å²) in [5.74, 6) is 0.118. The molecule has 2 aromatic heterocycles. The van der Waals surface area contributed by atoms with E-state index in [1.165, 1.54) is 12.0 Å². The minimum atomic E-state index is 0.118. The summed E-state index contributed by atoms with van der Waals surface area (Å²) in [5, 5.41) is 5.33. The Kier molecular flexibility index (Phi) is 4.92. The highest BCUT2D eigenvalue weighted by Crippen LogP contribution is 2.30. The number of fused-ring (bicyclic) bond motifs is 1. The van der Waals surface area contributed by atoms with Crippen LogP contribution in [-0.2, 0) is 6.54 Å². The van der Waals surface area contributed by atoms with Gasteiger partial charge in [0.1, 0.15) is 0 Å². The first-order chi connectivity index (χ1) is 13.5. The molecule has 1 fully saturated rings. The van der Waals surface area contributed by atoms with E-state index < -0.39 is 0 Å². The molecule has 28 heavy (non-hydrogen) atoms. The number of nitrogens with zero attached hydrogens (tertiary/aromatic N) is 4. The predicted octanol–water partition coefficient (Wildman–Crippen LogP) is 4.75. The summed E-state index contributed by atoms with van der Waals surface area (Å²) in [5.41, 5.74) is 5.74. The molecule has 5 heteroatoms. The van der Waals surface area contributed by atoms with Gasteiger partial charge in [-0.25, -0.2) is 4.98 Å². The summed E-state index contributed by atoms with van der Waals surface area (Å²) in [6.07, 6.45) is 7.18. The van der Waals surface area contributed by atoms with Gasteiger partial charge in [0, 0.05) is 36.3 Å². The van der Waals surface area contributed by atoms with Crippen molar-refractivity contribution in [3.63, 3.8) is 0 Å². The van der Waals surface area contributed by atoms with Gasteiger partial charge in [0.25, 0.3) is 5.91 Å². The summed E-state index contributed by atoms with van der Waals surface area (Å²) < 4.78 is 1.89. The van der Waals surface area contributed by atoms with Crippen molar-refractivity contribution in [2.75, 3.05) is 6.54 Å². The van der Waals surface area contributed by atoms with Crippen LogP contribution < -0.4 is 0 Å². The lowest BCUT2D eigenvalue weighted by atomic mass is 9.97. The van der Waals surface area contributed by atoms with Gasteiger partial charge in [-0.1, -0.05) is 12.1 Å². The lowest BCUT2D eigenvalue weighted by Gasteiger charge is -2.33. The monoisotopic (exact) mass is 376 g/mol. The topological polar surface area (TPSA) is 51.0 Å². The molecule has 3 aromatic rings. The van der Waals surface area contributed by atoms with E-state index >= 15 is 0 Å². The fraction of sp³-hybridized carbons (Fsp3) is 0.435. The fourth-order valence-corrected chi connectivity index (χ4v) is 4.08. The highest BCUT2D eigenvalue weighted by molar-refractivity contribution is 6.08. The lowest BCUT2D eigenvalue weighted by Crippen LogP contribution is -2.42. The molecule has 0 bridgehead atoms. The summed E-state index contributed by atoms with van der Waals surface area (Å²) in [6.45, 7) is 10.0. The van der Waals surface area contributed by atoms with E-state index in [9.17, 15) is 4.79 Å². The van der Waals surface area contributed by atoms with E-state index in [0.29, 0.717) is 0 Å². The number of hydrogen-bond acceptors (Lipinski definition) is 3. The fourth-order valence-electron chi connectivity index (χ4n) is 4.08. The zero-order chi connectivity index (χ0) is 19.8. The van der Waals surface area contributed by atoms with Crippen molar-refractivity contribution in [1.82, 2.24) is 19.7 Å². The highest BCUT2D eigenvalue weighted by Gasteiger charge is 2.26. The molecule has 5 nitrogen and oxygen atoms in total. The zero-order valence-corrected chi connectivity index (χ0v) is 17.2. The van der Waals surface area contributed by atoms with E-state index in [1.54, 1.807) is 0 Å². The van der Waals surface area contributed by atoms with Crippen molar-refractivity contribution in [2.45, 2.75) is 59.5 Å². The number of aromatic nitrogens is 3. The third kappa shape index (κ3) is 3.19. The Balaban J connectivity index is 1.90. The van der Waals surface area contributed by atoms with Gasteiger partial charge in [0.05, 0.1) is 23.0 Å². The normalized spacial score (nSPS) is 17.3. The van der Waals surface area contributed by atoms with E-state index in [1.807, 2.05) is 34.1 Å². The van der Waals surface area contributed by atoms with Gasteiger partial charge in [-0.2, -0.15) is 5.10 Å². The second kappa shape index (κ2) is 7.38. The van der Waals surface area contributed by atoms with Crippen LogP contribution in [0.3, 0.4) is 0 Å². The van der Waals surface area contributed by atoms with Crippen molar-refractivity contribution >= 4 is 16.8 Å². The van der Waals surface area contributed by atoms with E-state index in [4.69, 9.17) is 4.98 Å². The van der Waals surface area contributed by atoms with Gasteiger partial charge >= 0.3 is 0 Å². The van der Waals surface area contributed by atoms with E-state index in [0.717, 1.165) is 59.2 Å². The number of aryl methyl sites for hydroxylation is 3. The molecular weight excluding hydrogens is 348 g/mol. The third-order valence-corrected chi connectivity index (χ3v) is 6.05. The molecule has 4 rings (SSSR count). The molecule has 3 heterocycles. The van der Waals surface area contributed by atoms with Gasteiger partial charge in [-0.05, 0) is 64.2 Å². The number of amides is 1. The summed E-state index contributed by atoms with van der Waals surface area (Å²) in [7, 11) is 0. The summed E-state index contributed by atoms with van der Waals surface area (Å²) in [6, 6.07) is 6.37. The van der Waals surface area contributed by atoms with Crippen LogP contribution in [0.4, 0.5) is 0 Å². The van der Waals surface area contributed by atoms with Crippen molar-refractivity contribution in [3.05, 3.63) is 47.3 Å². The van der Waals surface area contributed by atoms with Crippen molar-refractivity contribution < 1.29 is 4.79 Å². The molecular formula is C23H28N4O. The molecule has 0 aliphatic carbocycles. The number of hydrogen-bond donors (Lipinski definition) is 0. The van der Waals surface area contributed by atoms with Crippen molar-refractivity contribution in [3.8, 4) is 11.3 Å². The summed E-state index contributed by atoms with van der Waals surface area (Å²) in [4.78, 5) is 20.5. The average Bonchev–Trinajstić information content (AvgIpc) is 3.19. The third-order valence-electron chi connectivity index (χ3n) is 6.05. The molecule has 1 aliphatic heterocycles. The van der Waals surface area contributed by atoms with Crippen LogP contribution in [0, 0.1) is 13.8 Å². The molecule has 0 unspecified atom stereocenters. The van der Waals surface area contributed by atoms with Gasteiger partial charge in [0.2, 0.25) is 0 Å². The second-order valence-electron chi connectivity index (χ2n) is 7.89. The van der Waals surface area contributed by atoms with Crippen LogP contribution >= 0.6 is 0 Å². The summed E-state index contributed by atoms with van der Waals surface area (Å²) >= 11 is 0. The first kappa shape index (κ1) is 18.7. The molecule has 0 radical (unpaired) electrons. The Morgan fingerprint density at radius 1 is 1.25 bits per heavy atom. The minimum absolute atomic E-state index is 0.118. The maximum Gasteiger partial charge on any atom is 0.254 e. The molecule has 0 saturated carbocycles. The van der Waals surface area contributed by atoms with Gasteiger partial charge in [0.15, 0.2) is 0 Å². The van der Waals surface area contributed by atoms with E-state index in [-0.39, 0.29) is 11.9 Å². The quantitative estimate of drug-likeness (QED) is 0.663. The Morgan fingerprint density at radius 2 is 2.07 bits per heavy atom. The van der Waals surface area contributed by atoms with Crippen molar-refractivity contribution in [1.29, 1.82) is 0 Å². The maximum absolute atomic E-state index is 13.5. The van der Waals surface area contributed by atoms with Crippen LogP contribution in [0.15, 0.2) is 30.6 Å². The molecule has 0 spiro atoms. The van der Waals surface area contributed by atoms with Gasteiger partial charge in [-0.3, -0.25) is 9.48 Å². The number of piperidine rings is 1. The molecule has 1 aliphatic rings. The number of carbonyl (C=O) groups excluding carboxylic acids is 1. The number of pyridine rings is 1. The van der Waals surface area contributed by atoms with E-state index in [2.05, 4.69) is 38.9 Å². The maximum atomic E-state index is 13.5. The first-order valence-corrected chi connectivity index (χ1v) is 10.2. The van der Waals surface area contributed by atoms with Crippen LogP contribution in [0.1, 0.15) is 54.6 Å². The highest BCUT2D eigenvalue weighted by atomic mass is 16.2. The number of benzene rings is 1. The Bertz CT molecular complexity index is 1040. The standard InChI is InChI=1S/C23H28N4O/c1-5-26-14-18(13-24-26)21-12-20(23(28)27-11-7-6-8-16(27)3)19-10-9-15(2)17(4)22(19)25-21/h9-10,12-14,16H,5-8,11H2,1-4H3/t16-/m1/s1. The van der Waals surface area contributed by atoms with Gasteiger partial charge < -0.3 is 4.90 Å². The molecule has 1 saturated heterocycles. The number of carbonyl (C=O) groups is 1. The second-order valence-corrected chi connectivity index (χ2v) is 7.89. The average molecular weight is 377 g/mol. The largest absolute Gasteiger partial charge is 0.336 e. The lowest BCUT2D eigenvalue weighted by molar-refractivity contribution is 0.0637. The Morgan fingerprint density at radius 3 is 2.79 bits per heavy atom. The minimum Gasteiger partial charge on any atom is -0.336 e. The van der Waals surface area contributed by atoms with Crippen LogP contribution in [0.2, 0.25) is 0 Å². The molecule has 1 atom stereocenters. The molecule has 1 amide bonds. The van der Waals surface area contributed by atoms with Crippen molar-refractivity contribution in [2.24, 2.45) is 0 Å². The first-order valence-electron chi connectivity index (χ1n) is 10.2. The van der Waals surface area contributed by atoms with Crippen LogP contribution in [0.25, 0.3) is 22.2 Å². The molecule has 1 aromatic carbocycles. The molecule has 146 valence electrons. The molecule has 0 N–H and O–H groups in total. The SMILES string of the molecule is CCn1cc(-c2cc(C(=O)N3CCCC[C@H]3C)c3ccc(C)c(C)c3n2)cn1. The predicted molar refractivity (Wildman–Crippen MR) is 112 cm³/mol. The zero-order valence-electron chi connectivity index (χ0n) is 17.2. The number of likely N-dealkylation sites (tertiary alicyclic amines) is 1. The Labute approximate surface area is 166 Å². The van der Waals surface area contributed by atoms with Crippen LogP contribution in [-0.4, -0.2) is 38.2 Å². The van der Waals surface area contributed by atoms with Gasteiger partial charge in [-0.15, -0.1) is 0 Å². The smallest absolute Gasteiger partial charge is 0.254 e. The Hall–Kier alpha value is -2.69. The van der Waals surface area contributed by atoms with Crippen LogP contribution in [0.5, 0.6) is 0 Å². The number of rotatable bonds is 3.